The second-order valence-electron chi connectivity index (χ2n) is 7.35. The number of hydrogen-bond acceptors (Lipinski definition) is 5. The van der Waals surface area contributed by atoms with E-state index in [0.29, 0.717) is 6.54 Å². The van der Waals surface area contributed by atoms with Crippen molar-refractivity contribution in [2.75, 3.05) is 25.7 Å². The number of ether oxygens (including phenoxy) is 2. The first-order valence-electron chi connectivity index (χ1n) is 9.90. The van der Waals surface area contributed by atoms with Gasteiger partial charge in [-0.2, -0.15) is 0 Å². The summed E-state index contributed by atoms with van der Waals surface area (Å²) in [6.07, 6.45) is -0.519. The Bertz CT molecular complexity index is 883. The van der Waals surface area contributed by atoms with Crippen molar-refractivity contribution in [2.24, 2.45) is 5.92 Å². The van der Waals surface area contributed by atoms with Crippen LogP contribution in [0.15, 0.2) is 53.4 Å². The van der Waals surface area contributed by atoms with Gasteiger partial charge in [0.1, 0.15) is 5.25 Å². The number of para-hydroxylation sites is 1. The molecule has 0 radical (unpaired) electrons. The van der Waals surface area contributed by atoms with Crippen molar-refractivity contribution in [3.63, 3.8) is 0 Å². The normalized spacial score (nSPS) is 17.0. The molecule has 3 rings (SSSR count). The van der Waals surface area contributed by atoms with Crippen LogP contribution in [0.25, 0.3) is 0 Å². The van der Waals surface area contributed by atoms with Gasteiger partial charge in [-0.3, -0.25) is 9.59 Å². The number of anilines is 1. The van der Waals surface area contributed by atoms with Gasteiger partial charge in [0.15, 0.2) is 6.29 Å². The predicted octanol–water partition coefficient (Wildman–Crippen LogP) is 3.37. The van der Waals surface area contributed by atoms with Crippen molar-refractivity contribution < 1.29 is 19.1 Å². The fourth-order valence-corrected chi connectivity index (χ4v) is 4.63. The molecule has 2 atom stereocenters. The lowest BCUT2D eigenvalue weighted by Gasteiger charge is -2.36. The van der Waals surface area contributed by atoms with Crippen molar-refractivity contribution in [3.05, 3.63) is 59.7 Å². The predicted molar refractivity (Wildman–Crippen MR) is 118 cm³/mol. The SMILES string of the molecule is COC(CNC(=O)[C@H](C)[C@H]1Sc2ccccc2N(Cc2ccc(C)cc2)C1=O)OC. The zero-order chi connectivity index (χ0) is 21.7. The highest BCUT2D eigenvalue weighted by atomic mass is 32.2. The molecular weight excluding hydrogens is 400 g/mol. The summed E-state index contributed by atoms with van der Waals surface area (Å²) in [5.41, 5.74) is 3.11. The van der Waals surface area contributed by atoms with Gasteiger partial charge in [-0.15, -0.1) is 11.8 Å². The summed E-state index contributed by atoms with van der Waals surface area (Å²) in [7, 11) is 3.04. The van der Waals surface area contributed by atoms with E-state index in [2.05, 4.69) is 5.32 Å². The van der Waals surface area contributed by atoms with Gasteiger partial charge >= 0.3 is 0 Å². The van der Waals surface area contributed by atoms with Crippen LogP contribution in [-0.2, 0) is 25.6 Å². The standard InChI is InChI=1S/C23H28N2O4S/c1-15-9-11-17(12-10-15)14-25-18-7-5-6-8-19(18)30-21(23(25)27)16(2)22(26)24-13-20(28-3)29-4/h5-12,16,20-21H,13-14H2,1-4H3,(H,24,26)/t16-,21-/m1/s1. The Balaban J connectivity index is 1.80. The number of methoxy groups -OCH3 is 2. The van der Waals surface area contributed by atoms with Gasteiger partial charge in [-0.1, -0.05) is 48.9 Å². The van der Waals surface area contributed by atoms with E-state index in [4.69, 9.17) is 9.47 Å². The molecule has 0 bridgehead atoms. The highest BCUT2D eigenvalue weighted by Gasteiger charge is 2.39. The van der Waals surface area contributed by atoms with E-state index in [-0.39, 0.29) is 18.4 Å². The summed E-state index contributed by atoms with van der Waals surface area (Å²) >= 11 is 1.45. The van der Waals surface area contributed by atoms with Crippen LogP contribution >= 0.6 is 11.8 Å². The van der Waals surface area contributed by atoms with E-state index in [1.807, 2.05) is 55.5 Å². The Labute approximate surface area is 181 Å². The molecule has 0 saturated carbocycles. The summed E-state index contributed by atoms with van der Waals surface area (Å²) in [6.45, 7) is 4.52. The molecule has 1 heterocycles. The second kappa shape index (κ2) is 10.1. The van der Waals surface area contributed by atoms with E-state index in [0.717, 1.165) is 16.1 Å². The maximum atomic E-state index is 13.4. The zero-order valence-corrected chi connectivity index (χ0v) is 18.6. The van der Waals surface area contributed by atoms with Crippen molar-refractivity contribution in [2.45, 2.75) is 36.8 Å². The number of rotatable bonds is 8. The molecule has 6 nitrogen and oxygen atoms in total. The lowest BCUT2D eigenvalue weighted by molar-refractivity contribution is -0.132. The summed E-state index contributed by atoms with van der Waals surface area (Å²) in [5, 5.41) is 2.32. The largest absolute Gasteiger partial charge is 0.354 e. The van der Waals surface area contributed by atoms with Crippen molar-refractivity contribution >= 4 is 29.3 Å². The third kappa shape index (κ3) is 5.03. The topological polar surface area (TPSA) is 67.9 Å². The monoisotopic (exact) mass is 428 g/mol. The Hall–Kier alpha value is -2.35. The van der Waals surface area contributed by atoms with Crippen LogP contribution in [0.1, 0.15) is 18.1 Å². The van der Waals surface area contributed by atoms with E-state index < -0.39 is 17.5 Å². The summed E-state index contributed by atoms with van der Waals surface area (Å²) in [4.78, 5) is 29.0. The first-order valence-corrected chi connectivity index (χ1v) is 10.8. The van der Waals surface area contributed by atoms with Crippen LogP contribution in [0, 0.1) is 12.8 Å². The number of hydrogen-bond donors (Lipinski definition) is 1. The molecule has 0 fully saturated rings. The van der Waals surface area contributed by atoms with Gasteiger partial charge in [0.25, 0.3) is 0 Å². The molecular formula is C23H28N2O4S. The minimum Gasteiger partial charge on any atom is -0.354 e. The Morgan fingerprint density at radius 1 is 1.13 bits per heavy atom. The molecule has 2 amide bonds. The van der Waals surface area contributed by atoms with Crippen molar-refractivity contribution in [3.8, 4) is 0 Å². The van der Waals surface area contributed by atoms with Crippen LogP contribution < -0.4 is 10.2 Å². The molecule has 30 heavy (non-hydrogen) atoms. The fraction of sp³-hybridized carbons (Fsp3) is 0.391. The average Bonchev–Trinajstić information content (AvgIpc) is 2.77. The van der Waals surface area contributed by atoms with Crippen LogP contribution in [-0.4, -0.2) is 44.1 Å². The quantitative estimate of drug-likeness (QED) is 0.653. The van der Waals surface area contributed by atoms with E-state index >= 15 is 0 Å². The van der Waals surface area contributed by atoms with Gasteiger partial charge in [-0.25, -0.2) is 0 Å². The maximum Gasteiger partial charge on any atom is 0.241 e. The Kier molecular flexibility index (Phi) is 7.53. The first kappa shape index (κ1) is 22.3. The second-order valence-corrected chi connectivity index (χ2v) is 8.53. The summed E-state index contributed by atoms with van der Waals surface area (Å²) in [5.74, 6) is -0.766. The molecule has 160 valence electrons. The van der Waals surface area contributed by atoms with Gasteiger partial charge in [0.05, 0.1) is 24.7 Å². The minimum absolute atomic E-state index is 0.0584. The number of nitrogens with one attached hydrogen (secondary N) is 1. The van der Waals surface area contributed by atoms with Crippen LogP contribution in [0.4, 0.5) is 5.69 Å². The molecule has 0 spiro atoms. The molecule has 1 N–H and O–H groups in total. The first-order chi connectivity index (χ1) is 14.4. The third-order valence-electron chi connectivity index (χ3n) is 5.22. The number of amides is 2. The van der Waals surface area contributed by atoms with Crippen LogP contribution in [0.3, 0.4) is 0 Å². The summed E-state index contributed by atoms with van der Waals surface area (Å²) in [6, 6.07) is 16.0. The average molecular weight is 429 g/mol. The maximum absolute atomic E-state index is 13.4. The molecule has 0 saturated heterocycles. The molecule has 0 aromatic heterocycles. The molecule has 2 aromatic rings. The Morgan fingerprint density at radius 2 is 1.80 bits per heavy atom. The lowest BCUT2D eigenvalue weighted by Crippen LogP contribution is -2.48. The van der Waals surface area contributed by atoms with E-state index in [1.54, 1.807) is 11.8 Å². The number of nitrogens with zero attached hydrogens (tertiary/aromatic N) is 1. The molecule has 1 aliphatic heterocycles. The van der Waals surface area contributed by atoms with Gasteiger partial charge in [0, 0.05) is 19.1 Å². The molecule has 1 aliphatic rings. The third-order valence-corrected chi connectivity index (χ3v) is 6.68. The molecule has 2 aromatic carbocycles. The van der Waals surface area contributed by atoms with Crippen LogP contribution in [0.5, 0.6) is 0 Å². The highest BCUT2D eigenvalue weighted by Crippen LogP contribution is 2.42. The number of carbonyl (C=O) groups is 2. The molecule has 0 unspecified atom stereocenters. The Morgan fingerprint density at radius 3 is 2.47 bits per heavy atom. The fourth-order valence-electron chi connectivity index (χ4n) is 3.34. The molecule has 0 aliphatic carbocycles. The van der Waals surface area contributed by atoms with Crippen molar-refractivity contribution in [1.82, 2.24) is 5.32 Å². The van der Waals surface area contributed by atoms with Crippen molar-refractivity contribution in [1.29, 1.82) is 0 Å². The highest BCUT2D eigenvalue weighted by molar-refractivity contribution is 8.01. The molecule has 7 heteroatoms. The number of aryl methyl sites for hydroxylation is 1. The smallest absolute Gasteiger partial charge is 0.241 e. The number of thioether (sulfide) groups is 1. The lowest BCUT2D eigenvalue weighted by atomic mass is 10.0. The summed E-state index contributed by atoms with van der Waals surface area (Å²) < 4.78 is 10.2. The van der Waals surface area contributed by atoms with Crippen LogP contribution in [0.2, 0.25) is 0 Å². The van der Waals surface area contributed by atoms with E-state index in [9.17, 15) is 9.59 Å². The van der Waals surface area contributed by atoms with Gasteiger partial charge < -0.3 is 19.7 Å². The van der Waals surface area contributed by atoms with Gasteiger partial charge in [-0.05, 0) is 24.6 Å². The van der Waals surface area contributed by atoms with Gasteiger partial charge in [0.2, 0.25) is 11.8 Å². The van der Waals surface area contributed by atoms with E-state index in [1.165, 1.54) is 31.5 Å². The number of carbonyl (C=O) groups excluding carboxylic acids is 2. The minimum atomic E-state index is -0.519. The number of benzene rings is 2. The zero-order valence-electron chi connectivity index (χ0n) is 17.8. The number of fused-ring (bicyclic) bond motifs is 1.